The molecule has 0 radical (unpaired) electrons. The van der Waals surface area contributed by atoms with Crippen molar-refractivity contribution >= 4 is 11.6 Å². The van der Waals surface area contributed by atoms with Crippen molar-refractivity contribution in [2.75, 3.05) is 25.0 Å². The summed E-state index contributed by atoms with van der Waals surface area (Å²) in [5.74, 6) is 0.746. The van der Waals surface area contributed by atoms with E-state index in [0.29, 0.717) is 18.7 Å². The average molecular weight is 370 g/mol. The molecule has 1 amide bonds. The summed E-state index contributed by atoms with van der Waals surface area (Å²) >= 11 is 0. The number of ether oxygens (including phenoxy) is 1. The lowest BCUT2D eigenvalue weighted by Crippen LogP contribution is -2.49. The molecule has 7 heteroatoms. The van der Waals surface area contributed by atoms with Gasteiger partial charge in [0, 0.05) is 56.7 Å². The first-order valence-electron chi connectivity index (χ1n) is 9.65. The maximum absolute atomic E-state index is 11.6. The second-order valence-electron chi connectivity index (χ2n) is 7.30. The Balaban J connectivity index is 1.27. The Morgan fingerprint density at radius 1 is 1.30 bits per heavy atom. The van der Waals surface area contributed by atoms with E-state index < -0.39 is 6.10 Å². The summed E-state index contributed by atoms with van der Waals surface area (Å²) in [6.45, 7) is 3.35. The minimum Gasteiger partial charge on any atom is -0.488 e. The van der Waals surface area contributed by atoms with Gasteiger partial charge in [0.05, 0.1) is 0 Å². The second kappa shape index (κ2) is 8.10. The fraction of sp³-hybridized carbons (Fsp3) is 0.500. The number of aliphatic hydroxyl groups is 1. The highest BCUT2D eigenvalue weighted by molar-refractivity contribution is 5.94. The normalized spacial score (nSPS) is 22.9. The third-order valence-corrected chi connectivity index (χ3v) is 5.29. The number of benzene rings is 1. The number of aromatic nitrogens is 2. The minimum absolute atomic E-state index is 0.0445. The van der Waals surface area contributed by atoms with Crippen LogP contribution in [0.1, 0.15) is 24.8 Å². The van der Waals surface area contributed by atoms with Crippen LogP contribution >= 0.6 is 0 Å². The van der Waals surface area contributed by atoms with Gasteiger partial charge in [-0.3, -0.25) is 9.48 Å². The second-order valence-corrected chi connectivity index (χ2v) is 7.30. The van der Waals surface area contributed by atoms with Crippen LogP contribution in [0.5, 0.6) is 5.75 Å². The smallest absolute Gasteiger partial charge is 0.224 e. The van der Waals surface area contributed by atoms with Crippen LogP contribution in [-0.4, -0.2) is 57.5 Å². The highest BCUT2D eigenvalue weighted by Gasteiger charge is 2.29. The number of rotatable bonds is 6. The van der Waals surface area contributed by atoms with E-state index in [9.17, 15) is 9.90 Å². The predicted octanol–water partition coefficient (Wildman–Crippen LogP) is 1.67. The Hall–Kier alpha value is -2.38. The summed E-state index contributed by atoms with van der Waals surface area (Å²) < 4.78 is 7.97. The molecule has 4 rings (SSSR count). The van der Waals surface area contributed by atoms with Crippen LogP contribution in [0.15, 0.2) is 36.7 Å². The number of amides is 1. The van der Waals surface area contributed by atoms with Gasteiger partial charge in [0.15, 0.2) is 0 Å². The average Bonchev–Trinajstić information content (AvgIpc) is 3.17. The van der Waals surface area contributed by atoms with E-state index in [4.69, 9.17) is 4.74 Å². The Bertz CT molecular complexity index is 778. The number of aliphatic hydroxyl groups excluding tert-OH is 1. The van der Waals surface area contributed by atoms with Crippen molar-refractivity contribution in [3.63, 3.8) is 0 Å². The summed E-state index contributed by atoms with van der Waals surface area (Å²) in [7, 11) is 0. The number of piperidine rings is 1. The molecular weight excluding hydrogens is 344 g/mol. The van der Waals surface area contributed by atoms with Crippen LogP contribution in [0, 0.1) is 0 Å². The molecule has 0 saturated carbocycles. The number of likely N-dealkylation sites (tertiary alicyclic amines) is 1. The molecule has 3 heterocycles. The molecule has 27 heavy (non-hydrogen) atoms. The van der Waals surface area contributed by atoms with Gasteiger partial charge in [0.25, 0.3) is 0 Å². The predicted molar refractivity (Wildman–Crippen MR) is 102 cm³/mol. The molecule has 2 aliphatic rings. The van der Waals surface area contributed by atoms with Crippen LogP contribution in [-0.2, 0) is 17.8 Å². The standard InChI is InChI=1S/C20H26N4O3/c25-18-14-23(9-2-11-24-10-1-8-21-24)12-7-19(18)27-16-5-3-15-4-6-20(26)22-17(15)13-16/h1,3,5,8,10,13,18-19,25H,2,4,6-7,9,11-12,14H2,(H,22,26)/t18-,19-/m1/s1. The molecule has 1 fully saturated rings. The molecule has 0 unspecified atom stereocenters. The number of β-amino-alcohol motifs (C(OH)–C–C–N with tert-alkyl or cyclic N) is 1. The number of anilines is 1. The van der Waals surface area contributed by atoms with Crippen molar-refractivity contribution in [2.24, 2.45) is 0 Å². The van der Waals surface area contributed by atoms with Gasteiger partial charge in [-0.25, -0.2) is 0 Å². The molecule has 1 aromatic heterocycles. The lowest BCUT2D eigenvalue weighted by molar-refractivity contribution is -0.116. The number of carbonyl (C=O) groups is 1. The maximum atomic E-state index is 11.6. The van der Waals surface area contributed by atoms with Crippen LogP contribution in [0.25, 0.3) is 0 Å². The monoisotopic (exact) mass is 370 g/mol. The lowest BCUT2D eigenvalue weighted by atomic mass is 10.0. The van der Waals surface area contributed by atoms with E-state index in [-0.39, 0.29) is 12.0 Å². The molecule has 0 aliphatic carbocycles. The number of hydrogen-bond acceptors (Lipinski definition) is 5. The van der Waals surface area contributed by atoms with Gasteiger partial charge in [0.1, 0.15) is 18.0 Å². The van der Waals surface area contributed by atoms with Gasteiger partial charge in [-0.05, 0) is 37.0 Å². The number of carbonyl (C=O) groups excluding carboxylic acids is 1. The zero-order valence-corrected chi connectivity index (χ0v) is 15.4. The highest BCUT2D eigenvalue weighted by atomic mass is 16.5. The molecule has 2 aliphatic heterocycles. The molecule has 0 spiro atoms. The van der Waals surface area contributed by atoms with Crippen LogP contribution in [0.4, 0.5) is 5.69 Å². The van der Waals surface area contributed by atoms with Crippen molar-refractivity contribution in [3.05, 3.63) is 42.2 Å². The number of nitrogens with one attached hydrogen (secondary N) is 1. The quantitative estimate of drug-likeness (QED) is 0.809. The highest BCUT2D eigenvalue weighted by Crippen LogP contribution is 2.29. The summed E-state index contributed by atoms with van der Waals surface area (Å²) in [4.78, 5) is 13.9. The van der Waals surface area contributed by atoms with Crippen molar-refractivity contribution in [2.45, 2.75) is 44.4 Å². The molecule has 2 N–H and O–H groups in total. The van der Waals surface area contributed by atoms with E-state index in [0.717, 1.165) is 50.1 Å². The summed E-state index contributed by atoms with van der Waals surface area (Å²) in [5.41, 5.74) is 1.96. The van der Waals surface area contributed by atoms with Crippen molar-refractivity contribution < 1.29 is 14.6 Å². The molecule has 2 aromatic rings. The number of fused-ring (bicyclic) bond motifs is 1. The zero-order valence-electron chi connectivity index (χ0n) is 15.4. The van der Waals surface area contributed by atoms with E-state index in [1.165, 1.54) is 0 Å². The number of aryl methyl sites for hydroxylation is 2. The van der Waals surface area contributed by atoms with Gasteiger partial charge in [0.2, 0.25) is 5.91 Å². The first-order chi connectivity index (χ1) is 13.2. The number of nitrogens with zero attached hydrogens (tertiary/aromatic N) is 3. The van der Waals surface area contributed by atoms with E-state index in [1.807, 2.05) is 35.1 Å². The first-order valence-corrected chi connectivity index (χ1v) is 9.65. The molecule has 0 bridgehead atoms. The lowest BCUT2D eigenvalue weighted by Gasteiger charge is -2.36. The van der Waals surface area contributed by atoms with Gasteiger partial charge < -0.3 is 20.1 Å². The molecular formula is C20H26N4O3. The Labute approximate surface area is 158 Å². The molecule has 2 atom stereocenters. The summed E-state index contributed by atoms with van der Waals surface area (Å²) in [6, 6.07) is 7.73. The van der Waals surface area contributed by atoms with Gasteiger partial charge >= 0.3 is 0 Å². The van der Waals surface area contributed by atoms with Crippen molar-refractivity contribution in [3.8, 4) is 5.75 Å². The van der Waals surface area contributed by atoms with Crippen molar-refractivity contribution in [1.29, 1.82) is 0 Å². The van der Waals surface area contributed by atoms with Crippen LogP contribution < -0.4 is 10.1 Å². The number of hydrogen-bond donors (Lipinski definition) is 2. The van der Waals surface area contributed by atoms with E-state index in [2.05, 4.69) is 15.3 Å². The zero-order chi connectivity index (χ0) is 18.6. The van der Waals surface area contributed by atoms with Gasteiger partial charge in [-0.15, -0.1) is 0 Å². The summed E-state index contributed by atoms with van der Waals surface area (Å²) in [6.07, 6.45) is 6.11. The van der Waals surface area contributed by atoms with E-state index >= 15 is 0 Å². The van der Waals surface area contributed by atoms with Crippen molar-refractivity contribution in [1.82, 2.24) is 14.7 Å². The third-order valence-electron chi connectivity index (χ3n) is 5.29. The maximum Gasteiger partial charge on any atom is 0.224 e. The molecule has 1 saturated heterocycles. The Morgan fingerprint density at radius 2 is 2.22 bits per heavy atom. The molecule has 7 nitrogen and oxygen atoms in total. The molecule has 1 aromatic carbocycles. The fourth-order valence-electron chi connectivity index (χ4n) is 3.80. The SMILES string of the molecule is O=C1CCc2ccc(O[C@@H]3CCN(CCCn4cccn4)C[C@H]3O)cc2N1. The van der Waals surface area contributed by atoms with Gasteiger partial charge in [-0.2, -0.15) is 5.10 Å². The van der Waals surface area contributed by atoms with Crippen LogP contribution in [0.2, 0.25) is 0 Å². The minimum atomic E-state index is -0.519. The fourth-order valence-corrected chi connectivity index (χ4v) is 3.80. The Morgan fingerprint density at radius 3 is 3.04 bits per heavy atom. The molecule has 144 valence electrons. The van der Waals surface area contributed by atoms with E-state index in [1.54, 1.807) is 6.20 Å². The largest absolute Gasteiger partial charge is 0.488 e. The van der Waals surface area contributed by atoms with Gasteiger partial charge in [-0.1, -0.05) is 6.07 Å². The topological polar surface area (TPSA) is 79.6 Å². The van der Waals surface area contributed by atoms with Crippen LogP contribution in [0.3, 0.4) is 0 Å². The summed E-state index contributed by atoms with van der Waals surface area (Å²) in [5, 5.41) is 17.6. The first kappa shape index (κ1) is 18.0. The third kappa shape index (κ3) is 4.48. The Kier molecular flexibility index (Phi) is 5.40.